The van der Waals surface area contributed by atoms with Gasteiger partial charge in [0.05, 0.1) is 18.8 Å². The third-order valence-electron chi connectivity index (χ3n) is 3.16. The SMILES string of the molecule is CCC(CO)(CO)NC(=O)c1cccc(CSC)c1. The van der Waals surface area contributed by atoms with E-state index in [-0.39, 0.29) is 19.1 Å². The van der Waals surface area contributed by atoms with Crippen LogP contribution in [0.1, 0.15) is 29.3 Å². The molecule has 0 unspecified atom stereocenters. The van der Waals surface area contributed by atoms with Crippen molar-refractivity contribution in [1.82, 2.24) is 5.32 Å². The van der Waals surface area contributed by atoms with Crippen molar-refractivity contribution in [3.8, 4) is 0 Å². The highest BCUT2D eigenvalue weighted by atomic mass is 32.2. The highest BCUT2D eigenvalue weighted by Crippen LogP contribution is 2.14. The Morgan fingerprint density at radius 3 is 2.58 bits per heavy atom. The summed E-state index contributed by atoms with van der Waals surface area (Å²) in [5.74, 6) is 0.577. The summed E-state index contributed by atoms with van der Waals surface area (Å²) in [7, 11) is 0. The molecule has 0 saturated heterocycles. The maximum absolute atomic E-state index is 12.2. The van der Waals surface area contributed by atoms with E-state index in [1.54, 1.807) is 17.8 Å². The van der Waals surface area contributed by atoms with E-state index >= 15 is 0 Å². The maximum Gasteiger partial charge on any atom is 0.251 e. The van der Waals surface area contributed by atoms with Gasteiger partial charge >= 0.3 is 0 Å². The second kappa shape index (κ2) is 7.53. The molecule has 1 rings (SSSR count). The van der Waals surface area contributed by atoms with E-state index < -0.39 is 5.54 Å². The summed E-state index contributed by atoms with van der Waals surface area (Å²) in [5.41, 5.74) is 0.675. The first-order chi connectivity index (χ1) is 9.10. The summed E-state index contributed by atoms with van der Waals surface area (Å²) >= 11 is 1.69. The molecule has 0 saturated carbocycles. The molecule has 0 radical (unpaired) electrons. The van der Waals surface area contributed by atoms with Gasteiger partial charge in [-0.05, 0) is 30.4 Å². The number of carbonyl (C=O) groups is 1. The Balaban J connectivity index is 2.85. The Labute approximate surface area is 118 Å². The van der Waals surface area contributed by atoms with E-state index in [9.17, 15) is 15.0 Å². The lowest BCUT2D eigenvalue weighted by Crippen LogP contribution is -2.53. The topological polar surface area (TPSA) is 69.6 Å². The van der Waals surface area contributed by atoms with Gasteiger partial charge in [-0.3, -0.25) is 4.79 Å². The van der Waals surface area contributed by atoms with Crippen LogP contribution in [-0.2, 0) is 5.75 Å². The molecule has 1 aromatic rings. The summed E-state index contributed by atoms with van der Waals surface area (Å²) in [6, 6.07) is 7.37. The Morgan fingerprint density at radius 2 is 2.05 bits per heavy atom. The number of aliphatic hydroxyl groups excluding tert-OH is 2. The van der Waals surface area contributed by atoms with Crippen LogP contribution in [0, 0.1) is 0 Å². The molecule has 1 aromatic carbocycles. The number of aliphatic hydroxyl groups is 2. The highest BCUT2D eigenvalue weighted by molar-refractivity contribution is 7.97. The van der Waals surface area contributed by atoms with Gasteiger partial charge in [-0.2, -0.15) is 11.8 Å². The van der Waals surface area contributed by atoms with Crippen molar-refractivity contribution in [2.24, 2.45) is 0 Å². The van der Waals surface area contributed by atoms with E-state index in [1.807, 2.05) is 31.4 Å². The molecule has 0 atom stereocenters. The number of hydrogen-bond donors (Lipinski definition) is 3. The van der Waals surface area contributed by atoms with Gasteiger partial charge < -0.3 is 15.5 Å². The molecule has 106 valence electrons. The number of rotatable bonds is 7. The van der Waals surface area contributed by atoms with Crippen LogP contribution in [0.5, 0.6) is 0 Å². The van der Waals surface area contributed by atoms with Gasteiger partial charge in [0.2, 0.25) is 0 Å². The van der Waals surface area contributed by atoms with Gasteiger partial charge in [0.15, 0.2) is 0 Å². The van der Waals surface area contributed by atoms with Crippen LogP contribution >= 0.6 is 11.8 Å². The number of thioether (sulfide) groups is 1. The molecule has 0 aliphatic carbocycles. The summed E-state index contributed by atoms with van der Waals surface area (Å²) in [6.45, 7) is 1.25. The van der Waals surface area contributed by atoms with E-state index in [0.717, 1.165) is 11.3 Å². The monoisotopic (exact) mass is 283 g/mol. The molecule has 0 fully saturated rings. The predicted molar refractivity (Wildman–Crippen MR) is 78.3 cm³/mol. The smallest absolute Gasteiger partial charge is 0.251 e. The second-order valence-electron chi connectivity index (χ2n) is 4.54. The lowest BCUT2D eigenvalue weighted by molar-refractivity contribution is 0.0653. The Bertz CT molecular complexity index is 411. The van der Waals surface area contributed by atoms with Gasteiger partial charge in [-0.25, -0.2) is 0 Å². The van der Waals surface area contributed by atoms with Crippen molar-refractivity contribution in [2.45, 2.75) is 24.6 Å². The number of carbonyl (C=O) groups excluding carboxylic acids is 1. The zero-order valence-electron chi connectivity index (χ0n) is 11.3. The summed E-state index contributed by atoms with van der Waals surface area (Å²) in [4.78, 5) is 12.2. The highest BCUT2D eigenvalue weighted by Gasteiger charge is 2.28. The molecule has 19 heavy (non-hydrogen) atoms. The van der Waals surface area contributed by atoms with E-state index in [0.29, 0.717) is 12.0 Å². The van der Waals surface area contributed by atoms with Gasteiger partial charge in [-0.15, -0.1) is 0 Å². The van der Waals surface area contributed by atoms with Crippen molar-refractivity contribution < 1.29 is 15.0 Å². The minimum Gasteiger partial charge on any atom is -0.394 e. The summed E-state index contributed by atoms with van der Waals surface area (Å²) < 4.78 is 0. The summed E-state index contributed by atoms with van der Waals surface area (Å²) in [6.07, 6.45) is 2.47. The molecule has 0 bridgehead atoms. The van der Waals surface area contributed by atoms with Crippen LogP contribution < -0.4 is 5.32 Å². The van der Waals surface area contributed by atoms with Gasteiger partial charge in [0.25, 0.3) is 5.91 Å². The fraction of sp³-hybridized carbons (Fsp3) is 0.500. The van der Waals surface area contributed by atoms with Crippen molar-refractivity contribution in [1.29, 1.82) is 0 Å². The molecular weight excluding hydrogens is 262 g/mol. The average Bonchev–Trinajstić information content (AvgIpc) is 2.45. The Morgan fingerprint density at radius 1 is 1.37 bits per heavy atom. The molecule has 0 spiro atoms. The van der Waals surface area contributed by atoms with Crippen molar-refractivity contribution in [3.63, 3.8) is 0 Å². The number of hydrogen-bond acceptors (Lipinski definition) is 4. The average molecular weight is 283 g/mol. The molecule has 0 heterocycles. The molecule has 0 aliphatic heterocycles. The van der Waals surface area contributed by atoms with Crippen LogP contribution in [0.4, 0.5) is 0 Å². The van der Waals surface area contributed by atoms with Crippen LogP contribution in [0.3, 0.4) is 0 Å². The van der Waals surface area contributed by atoms with Crippen molar-refractivity contribution >= 4 is 17.7 Å². The standard InChI is InChI=1S/C14H21NO3S/c1-3-14(9-16,10-17)15-13(18)12-6-4-5-11(7-12)8-19-2/h4-7,16-17H,3,8-10H2,1-2H3,(H,15,18). The molecule has 5 heteroatoms. The molecule has 0 aromatic heterocycles. The first-order valence-electron chi connectivity index (χ1n) is 6.23. The van der Waals surface area contributed by atoms with E-state index in [4.69, 9.17) is 0 Å². The minimum absolute atomic E-state index is 0.270. The predicted octanol–water partition coefficient (Wildman–Crippen LogP) is 1.41. The molecule has 0 aliphatic rings. The zero-order valence-corrected chi connectivity index (χ0v) is 12.2. The Hall–Kier alpha value is -1.04. The molecule has 4 nitrogen and oxygen atoms in total. The van der Waals surface area contributed by atoms with Gasteiger partial charge in [-0.1, -0.05) is 19.1 Å². The van der Waals surface area contributed by atoms with Gasteiger partial charge in [0, 0.05) is 11.3 Å². The van der Waals surface area contributed by atoms with E-state index in [1.165, 1.54) is 0 Å². The van der Waals surface area contributed by atoms with E-state index in [2.05, 4.69) is 5.32 Å². The second-order valence-corrected chi connectivity index (χ2v) is 5.40. The first kappa shape index (κ1) is 16.0. The first-order valence-corrected chi connectivity index (χ1v) is 7.62. The largest absolute Gasteiger partial charge is 0.394 e. The maximum atomic E-state index is 12.2. The van der Waals surface area contributed by atoms with Crippen molar-refractivity contribution in [3.05, 3.63) is 35.4 Å². The number of nitrogens with one attached hydrogen (secondary N) is 1. The van der Waals surface area contributed by atoms with Gasteiger partial charge in [0.1, 0.15) is 0 Å². The number of benzene rings is 1. The van der Waals surface area contributed by atoms with Crippen LogP contribution in [-0.4, -0.2) is 41.1 Å². The summed E-state index contributed by atoms with van der Waals surface area (Å²) in [5, 5.41) is 21.4. The third kappa shape index (κ3) is 4.23. The zero-order chi connectivity index (χ0) is 14.3. The molecule has 3 N–H and O–H groups in total. The normalized spacial score (nSPS) is 11.4. The minimum atomic E-state index is -0.952. The molecular formula is C14H21NO3S. The number of amides is 1. The Kier molecular flexibility index (Phi) is 6.34. The fourth-order valence-corrected chi connectivity index (χ4v) is 2.24. The molecule has 1 amide bonds. The van der Waals surface area contributed by atoms with Crippen LogP contribution in [0.2, 0.25) is 0 Å². The third-order valence-corrected chi connectivity index (χ3v) is 3.78. The van der Waals surface area contributed by atoms with Crippen molar-refractivity contribution in [2.75, 3.05) is 19.5 Å². The van der Waals surface area contributed by atoms with Crippen LogP contribution in [0.15, 0.2) is 24.3 Å². The quantitative estimate of drug-likeness (QED) is 0.708. The lowest BCUT2D eigenvalue weighted by atomic mass is 9.97. The lowest BCUT2D eigenvalue weighted by Gasteiger charge is -2.29. The van der Waals surface area contributed by atoms with Crippen LogP contribution in [0.25, 0.3) is 0 Å². The fourth-order valence-electron chi connectivity index (χ4n) is 1.72.